The molecule has 0 aliphatic heterocycles. The van der Waals surface area contributed by atoms with Crippen LogP contribution in [0, 0.1) is 0 Å². The van der Waals surface area contributed by atoms with Crippen molar-refractivity contribution >= 4 is 34.7 Å². The summed E-state index contributed by atoms with van der Waals surface area (Å²) in [5.41, 5.74) is 8.10. The smallest absolute Gasteiger partial charge is 0.305 e. The van der Waals surface area contributed by atoms with E-state index in [1.54, 1.807) is 18.7 Å². The molecule has 0 spiro atoms. The Labute approximate surface area is 167 Å². The number of imidazole rings is 1. The van der Waals surface area contributed by atoms with E-state index in [1.165, 1.54) is 0 Å². The molecule has 0 saturated carbocycles. The number of aryl methyl sites for hydroxylation is 1. The van der Waals surface area contributed by atoms with Gasteiger partial charge in [0.2, 0.25) is 11.2 Å². The minimum atomic E-state index is -0.131. The number of rotatable bonds is 9. The normalized spacial score (nSPS) is 11.1. The molecule has 9 nitrogen and oxygen atoms in total. The SMILES string of the molecule is CCOC(=O)CCCCCCn1cnc2c(-c3cnc(N)nc3)nc(Cl)nc21. The van der Waals surface area contributed by atoms with Gasteiger partial charge in [0.15, 0.2) is 5.65 Å². The summed E-state index contributed by atoms with van der Waals surface area (Å²) in [5, 5.41) is 0.135. The molecule has 3 rings (SSSR count). The lowest BCUT2D eigenvalue weighted by molar-refractivity contribution is -0.143. The molecule has 3 heterocycles. The summed E-state index contributed by atoms with van der Waals surface area (Å²) in [5.74, 6) is 0.0576. The van der Waals surface area contributed by atoms with Crippen LogP contribution in [0.5, 0.6) is 0 Å². The molecule has 0 aliphatic rings. The van der Waals surface area contributed by atoms with Crippen LogP contribution in [0.1, 0.15) is 39.0 Å². The maximum absolute atomic E-state index is 11.3. The third-order valence-electron chi connectivity index (χ3n) is 4.22. The number of nitrogen functional groups attached to an aromatic ring is 1. The molecular formula is C18H22ClN7O2. The van der Waals surface area contributed by atoms with E-state index in [1.807, 2.05) is 11.5 Å². The van der Waals surface area contributed by atoms with Gasteiger partial charge >= 0.3 is 5.97 Å². The Morgan fingerprint density at radius 2 is 1.89 bits per heavy atom. The van der Waals surface area contributed by atoms with Gasteiger partial charge in [-0.1, -0.05) is 12.8 Å². The number of unbranched alkanes of at least 4 members (excludes halogenated alkanes) is 3. The second-order valence-electron chi connectivity index (χ2n) is 6.25. The van der Waals surface area contributed by atoms with E-state index in [0.29, 0.717) is 35.4 Å². The van der Waals surface area contributed by atoms with Crippen molar-refractivity contribution in [3.63, 3.8) is 0 Å². The lowest BCUT2D eigenvalue weighted by atomic mass is 10.1. The third kappa shape index (κ3) is 4.92. The van der Waals surface area contributed by atoms with Gasteiger partial charge in [-0.15, -0.1) is 0 Å². The van der Waals surface area contributed by atoms with E-state index < -0.39 is 0 Å². The van der Waals surface area contributed by atoms with Gasteiger partial charge in [0.1, 0.15) is 11.2 Å². The van der Waals surface area contributed by atoms with Crippen LogP contribution in [0.3, 0.4) is 0 Å². The first kappa shape index (κ1) is 19.9. The Kier molecular flexibility index (Phi) is 6.70. The van der Waals surface area contributed by atoms with Crippen LogP contribution in [0.15, 0.2) is 18.7 Å². The van der Waals surface area contributed by atoms with E-state index >= 15 is 0 Å². The second-order valence-corrected chi connectivity index (χ2v) is 6.59. The average Bonchev–Trinajstić information content (AvgIpc) is 3.07. The zero-order chi connectivity index (χ0) is 19.9. The van der Waals surface area contributed by atoms with Crippen LogP contribution >= 0.6 is 11.6 Å². The van der Waals surface area contributed by atoms with Crippen molar-refractivity contribution in [1.29, 1.82) is 0 Å². The Morgan fingerprint density at radius 3 is 2.64 bits per heavy atom. The number of hydrogen-bond donors (Lipinski definition) is 1. The van der Waals surface area contributed by atoms with Crippen LogP contribution in [-0.4, -0.2) is 42.1 Å². The van der Waals surface area contributed by atoms with Gasteiger partial charge in [0.05, 0.1) is 12.9 Å². The summed E-state index contributed by atoms with van der Waals surface area (Å²) in [6.45, 7) is 3.00. The van der Waals surface area contributed by atoms with Crippen molar-refractivity contribution in [3.05, 3.63) is 24.0 Å². The summed E-state index contributed by atoms with van der Waals surface area (Å²) in [6, 6.07) is 0. The fourth-order valence-electron chi connectivity index (χ4n) is 2.88. The molecule has 2 N–H and O–H groups in total. The van der Waals surface area contributed by atoms with Gasteiger partial charge in [-0.05, 0) is 31.4 Å². The van der Waals surface area contributed by atoms with Crippen LogP contribution in [0.25, 0.3) is 22.4 Å². The van der Waals surface area contributed by atoms with Crippen molar-refractivity contribution in [2.45, 2.75) is 45.6 Å². The Morgan fingerprint density at radius 1 is 1.14 bits per heavy atom. The van der Waals surface area contributed by atoms with Gasteiger partial charge in [0, 0.05) is 30.9 Å². The summed E-state index contributed by atoms with van der Waals surface area (Å²) in [7, 11) is 0. The third-order valence-corrected chi connectivity index (χ3v) is 4.39. The number of nitrogens with two attached hydrogens (primary N) is 1. The van der Waals surface area contributed by atoms with E-state index in [0.717, 1.165) is 32.2 Å². The predicted octanol–water partition coefficient (Wildman–Crippen LogP) is 3.03. The molecule has 0 fully saturated rings. The van der Waals surface area contributed by atoms with Crippen molar-refractivity contribution in [2.75, 3.05) is 12.3 Å². The van der Waals surface area contributed by atoms with Gasteiger partial charge < -0.3 is 15.0 Å². The fourth-order valence-corrected chi connectivity index (χ4v) is 3.05. The monoisotopic (exact) mass is 403 g/mol. The molecule has 0 atom stereocenters. The van der Waals surface area contributed by atoms with Crippen molar-refractivity contribution < 1.29 is 9.53 Å². The summed E-state index contributed by atoms with van der Waals surface area (Å²) in [4.78, 5) is 32.4. The second kappa shape index (κ2) is 9.41. The first-order chi connectivity index (χ1) is 13.6. The number of fused-ring (bicyclic) bond motifs is 1. The molecule has 3 aromatic heterocycles. The Balaban J connectivity index is 1.64. The van der Waals surface area contributed by atoms with Gasteiger partial charge in [-0.3, -0.25) is 4.79 Å². The lowest BCUT2D eigenvalue weighted by Gasteiger charge is -2.06. The molecule has 0 bridgehead atoms. The van der Waals surface area contributed by atoms with Crippen LogP contribution in [-0.2, 0) is 16.1 Å². The summed E-state index contributed by atoms with van der Waals surface area (Å²) < 4.78 is 6.88. The van der Waals surface area contributed by atoms with Crippen molar-refractivity contribution in [3.8, 4) is 11.3 Å². The molecule has 10 heteroatoms. The highest BCUT2D eigenvalue weighted by atomic mass is 35.5. The number of ether oxygens (including phenoxy) is 1. The molecular weight excluding hydrogens is 382 g/mol. The minimum absolute atomic E-state index is 0.131. The summed E-state index contributed by atoms with van der Waals surface area (Å²) >= 11 is 6.12. The zero-order valence-corrected chi connectivity index (χ0v) is 16.4. The van der Waals surface area contributed by atoms with Gasteiger partial charge in [0.25, 0.3) is 0 Å². The molecule has 0 radical (unpaired) electrons. The highest BCUT2D eigenvalue weighted by Crippen LogP contribution is 2.26. The van der Waals surface area contributed by atoms with Crippen molar-refractivity contribution in [2.24, 2.45) is 0 Å². The molecule has 0 saturated heterocycles. The zero-order valence-electron chi connectivity index (χ0n) is 15.6. The van der Waals surface area contributed by atoms with E-state index in [2.05, 4.69) is 24.9 Å². The number of anilines is 1. The average molecular weight is 404 g/mol. The highest BCUT2D eigenvalue weighted by Gasteiger charge is 2.15. The molecule has 3 aromatic rings. The molecule has 0 aromatic carbocycles. The minimum Gasteiger partial charge on any atom is -0.466 e. The standard InChI is InChI=1S/C18H22ClN7O2/c1-2-28-13(27)7-5-3-4-6-8-26-11-23-15-14(24-17(19)25-16(15)26)12-9-21-18(20)22-10-12/h9-11H,2-8H2,1H3,(H2,20,21,22). The first-order valence-electron chi connectivity index (χ1n) is 9.20. The number of aromatic nitrogens is 6. The number of esters is 1. The number of hydrogen-bond acceptors (Lipinski definition) is 8. The predicted molar refractivity (Wildman–Crippen MR) is 105 cm³/mol. The Hall–Kier alpha value is -2.81. The first-order valence-corrected chi connectivity index (χ1v) is 9.58. The van der Waals surface area contributed by atoms with E-state index in [-0.39, 0.29) is 17.2 Å². The quantitative estimate of drug-likeness (QED) is 0.328. The molecule has 0 unspecified atom stereocenters. The van der Waals surface area contributed by atoms with E-state index in [9.17, 15) is 4.79 Å². The van der Waals surface area contributed by atoms with Gasteiger partial charge in [-0.2, -0.15) is 4.98 Å². The number of carbonyl (C=O) groups excluding carboxylic acids is 1. The lowest BCUT2D eigenvalue weighted by Crippen LogP contribution is -2.03. The Bertz CT molecular complexity index is 943. The number of halogens is 1. The largest absolute Gasteiger partial charge is 0.466 e. The fraction of sp³-hybridized carbons (Fsp3) is 0.444. The van der Waals surface area contributed by atoms with E-state index in [4.69, 9.17) is 22.1 Å². The molecule has 148 valence electrons. The summed E-state index contributed by atoms with van der Waals surface area (Å²) in [6.07, 6.45) is 9.11. The number of nitrogens with zero attached hydrogens (tertiary/aromatic N) is 6. The molecule has 0 aliphatic carbocycles. The highest BCUT2D eigenvalue weighted by molar-refractivity contribution is 6.28. The molecule has 0 amide bonds. The number of carbonyl (C=O) groups is 1. The maximum Gasteiger partial charge on any atom is 0.305 e. The van der Waals surface area contributed by atoms with Gasteiger partial charge in [-0.25, -0.2) is 19.9 Å². The molecule has 28 heavy (non-hydrogen) atoms. The van der Waals surface area contributed by atoms with Crippen LogP contribution in [0.2, 0.25) is 5.28 Å². The maximum atomic E-state index is 11.3. The topological polar surface area (TPSA) is 122 Å². The van der Waals surface area contributed by atoms with Crippen LogP contribution < -0.4 is 5.73 Å². The van der Waals surface area contributed by atoms with Crippen LogP contribution in [0.4, 0.5) is 5.95 Å². The van der Waals surface area contributed by atoms with Crippen molar-refractivity contribution in [1.82, 2.24) is 29.5 Å².